The molecule has 3 aromatic carbocycles. The van der Waals surface area contributed by atoms with E-state index in [4.69, 9.17) is 19.4 Å². The fraction of sp³-hybridized carbons (Fsp3) is 0.133. The van der Waals surface area contributed by atoms with Crippen LogP contribution in [0.25, 0.3) is 27.5 Å². The number of esters is 2. The number of carbonyl (C=O) groups excluding carboxylic acids is 2. The zero-order chi connectivity index (χ0) is 27.6. The third kappa shape index (κ3) is 4.35. The number of imidazole rings is 1. The van der Waals surface area contributed by atoms with Crippen molar-refractivity contribution in [2.45, 2.75) is 13.8 Å². The zero-order valence-electron chi connectivity index (χ0n) is 21.9. The van der Waals surface area contributed by atoms with Gasteiger partial charge in [-0.3, -0.25) is 5.10 Å². The van der Waals surface area contributed by atoms with Crippen LogP contribution in [0.3, 0.4) is 0 Å². The van der Waals surface area contributed by atoms with Crippen LogP contribution in [0.1, 0.15) is 34.7 Å². The Morgan fingerprint density at radius 3 is 2.00 bits per heavy atom. The number of anilines is 4. The number of rotatable bonds is 8. The highest BCUT2D eigenvalue weighted by molar-refractivity contribution is 6.20. The van der Waals surface area contributed by atoms with Gasteiger partial charge >= 0.3 is 11.9 Å². The number of benzene rings is 3. The van der Waals surface area contributed by atoms with Crippen molar-refractivity contribution in [3.63, 3.8) is 0 Å². The molecule has 6 aromatic rings. The van der Waals surface area contributed by atoms with Gasteiger partial charge in [0.25, 0.3) is 0 Å². The van der Waals surface area contributed by atoms with E-state index in [-0.39, 0.29) is 18.9 Å². The van der Waals surface area contributed by atoms with Gasteiger partial charge in [-0.25, -0.2) is 24.1 Å². The van der Waals surface area contributed by atoms with Crippen molar-refractivity contribution in [2.24, 2.45) is 0 Å². The first-order chi connectivity index (χ1) is 19.6. The zero-order valence-corrected chi connectivity index (χ0v) is 21.9. The van der Waals surface area contributed by atoms with Crippen molar-refractivity contribution in [1.82, 2.24) is 19.6 Å². The molecule has 0 spiro atoms. The van der Waals surface area contributed by atoms with Crippen molar-refractivity contribution >= 4 is 62.4 Å². The summed E-state index contributed by atoms with van der Waals surface area (Å²) in [6, 6.07) is 24.5. The van der Waals surface area contributed by atoms with Gasteiger partial charge in [-0.1, -0.05) is 54.6 Å². The molecule has 0 aliphatic rings. The van der Waals surface area contributed by atoms with Crippen LogP contribution in [0.2, 0.25) is 0 Å². The Balaban J connectivity index is 1.65. The summed E-state index contributed by atoms with van der Waals surface area (Å²) in [5, 5.41) is 11.8. The molecule has 3 heterocycles. The first-order valence-corrected chi connectivity index (χ1v) is 12.9. The molecular formula is C30H26N6O4. The number of hydrogen-bond donors (Lipinski definition) is 3. The van der Waals surface area contributed by atoms with Crippen molar-refractivity contribution in [2.75, 3.05) is 23.8 Å². The predicted molar refractivity (Wildman–Crippen MR) is 154 cm³/mol. The summed E-state index contributed by atoms with van der Waals surface area (Å²) >= 11 is 0. The Kier molecular flexibility index (Phi) is 6.49. The molecule has 0 saturated carbocycles. The fourth-order valence-corrected chi connectivity index (χ4v) is 4.74. The summed E-state index contributed by atoms with van der Waals surface area (Å²) in [5.74, 6) is -0.399. The summed E-state index contributed by atoms with van der Waals surface area (Å²) in [4.78, 5) is 36.1. The van der Waals surface area contributed by atoms with Gasteiger partial charge in [0.15, 0.2) is 22.8 Å². The molecule has 6 rings (SSSR count). The van der Waals surface area contributed by atoms with Crippen molar-refractivity contribution in [1.29, 1.82) is 0 Å². The quantitative estimate of drug-likeness (QED) is 0.197. The number of aromatic nitrogens is 4. The van der Waals surface area contributed by atoms with Crippen molar-refractivity contribution in [3.8, 4) is 0 Å². The maximum atomic E-state index is 13.3. The number of aromatic amines is 1. The van der Waals surface area contributed by atoms with Gasteiger partial charge in [-0.2, -0.15) is 0 Å². The molecule has 10 heteroatoms. The molecule has 0 fully saturated rings. The van der Waals surface area contributed by atoms with E-state index < -0.39 is 11.9 Å². The number of nitrogens with one attached hydrogen (secondary N) is 3. The highest BCUT2D eigenvalue weighted by atomic mass is 16.5. The van der Waals surface area contributed by atoms with Gasteiger partial charge in [0, 0.05) is 27.5 Å². The summed E-state index contributed by atoms with van der Waals surface area (Å²) < 4.78 is 12.4. The molecule has 0 bridgehead atoms. The van der Waals surface area contributed by atoms with E-state index >= 15 is 0 Å². The van der Waals surface area contributed by atoms with Crippen molar-refractivity contribution < 1.29 is 19.1 Å². The number of nitrogens with zero attached hydrogens (tertiary/aromatic N) is 3. The number of hydrogen-bond acceptors (Lipinski definition) is 8. The average Bonchev–Trinajstić information content (AvgIpc) is 3.32. The monoisotopic (exact) mass is 534 g/mol. The Hall–Kier alpha value is -5.38. The average molecular weight is 535 g/mol. The van der Waals surface area contributed by atoms with Gasteiger partial charge in [-0.05, 0) is 38.1 Å². The van der Waals surface area contributed by atoms with E-state index in [1.807, 2.05) is 78.9 Å². The molecule has 3 N–H and O–H groups in total. The number of carbonyl (C=O) groups is 2. The van der Waals surface area contributed by atoms with Crippen molar-refractivity contribution in [3.05, 3.63) is 90.1 Å². The molecule has 10 nitrogen and oxygen atoms in total. The van der Waals surface area contributed by atoms with Gasteiger partial charge in [0.2, 0.25) is 0 Å². The molecule has 0 saturated heterocycles. The maximum absolute atomic E-state index is 13.3. The third-order valence-corrected chi connectivity index (χ3v) is 6.39. The van der Waals surface area contributed by atoms with E-state index in [2.05, 4.69) is 15.7 Å². The molecule has 0 amide bonds. The van der Waals surface area contributed by atoms with Crippen LogP contribution in [0.5, 0.6) is 0 Å². The van der Waals surface area contributed by atoms with E-state index in [9.17, 15) is 9.59 Å². The lowest BCUT2D eigenvalue weighted by atomic mass is 10.0. The minimum atomic E-state index is -0.548. The number of ether oxygens (including phenoxy) is 2. The summed E-state index contributed by atoms with van der Waals surface area (Å²) in [7, 11) is 0. The molecule has 0 unspecified atom stereocenters. The minimum Gasteiger partial charge on any atom is -0.462 e. The first-order valence-electron chi connectivity index (χ1n) is 12.9. The maximum Gasteiger partial charge on any atom is 0.360 e. The van der Waals surface area contributed by atoms with Crippen LogP contribution in [0, 0.1) is 0 Å². The van der Waals surface area contributed by atoms with Gasteiger partial charge in [0.1, 0.15) is 11.4 Å². The number of pyridine rings is 1. The van der Waals surface area contributed by atoms with Gasteiger partial charge in [-0.15, -0.1) is 0 Å². The Labute approximate surface area is 228 Å². The molecule has 0 aliphatic heterocycles. The lowest BCUT2D eigenvalue weighted by molar-refractivity contribution is 0.0513. The van der Waals surface area contributed by atoms with Crippen LogP contribution in [-0.2, 0) is 9.47 Å². The summed E-state index contributed by atoms with van der Waals surface area (Å²) in [6.07, 6.45) is 0. The largest absolute Gasteiger partial charge is 0.462 e. The third-order valence-electron chi connectivity index (χ3n) is 6.39. The van der Waals surface area contributed by atoms with E-state index in [1.165, 1.54) is 0 Å². The number of para-hydroxylation sites is 2. The van der Waals surface area contributed by atoms with E-state index in [0.29, 0.717) is 44.7 Å². The Morgan fingerprint density at radius 2 is 1.35 bits per heavy atom. The lowest BCUT2D eigenvalue weighted by Crippen LogP contribution is -2.14. The molecule has 0 aliphatic carbocycles. The molecule has 3 aromatic heterocycles. The topological polar surface area (TPSA) is 123 Å². The minimum absolute atomic E-state index is 0.192. The smallest absolute Gasteiger partial charge is 0.360 e. The van der Waals surface area contributed by atoms with Crippen LogP contribution in [0.15, 0.2) is 78.9 Å². The Bertz CT molecular complexity index is 1860. The predicted octanol–water partition coefficient (Wildman–Crippen LogP) is 6.20. The van der Waals surface area contributed by atoms with Crippen LogP contribution >= 0.6 is 0 Å². The Morgan fingerprint density at radius 1 is 0.750 bits per heavy atom. The molecule has 200 valence electrons. The lowest BCUT2D eigenvalue weighted by Gasteiger charge is -2.16. The first kappa shape index (κ1) is 24.9. The van der Waals surface area contributed by atoms with Gasteiger partial charge < -0.3 is 20.1 Å². The SMILES string of the molecule is CCOC(=O)c1c(Nc2ccccc2)nc2[nH]n3c(C(=O)OCC)c(Nc4ccccc4)nc3c3cccc1c23. The molecule has 0 radical (unpaired) electrons. The fourth-order valence-electron chi connectivity index (χ4n) is 4.74. The normalized spacial score (nSPS) is 11.2. The van der Waals surface area contributed by atoms with E-state index in [0.717, 1.165) is 11.4 Å². The second kappa shape index (κ2) is 10.4. The number of H-pyrrole nitrogens is 1. The highest BCUT2D eigenvalue weighted by Gasteiger charge is 2.27. The second-order valence-corrected chi connectivity index (χ2v) is 8.91. The van der Waals surface area contributed by atoms with Crippen LogP contribution < -0.4 is 10.6 Å². The second-order valence-electron chi connectivity index (χ2n) is 8.91. The summed E-state index contributed by atoms with van der Waals surface area (Å²) in [6.45, 7) is 3.92. The van der Waals surface area contributed by atoms with E-state index in [1.54, 1.807) is 18.4 Å². The molecular weight excluding hydrogens is 508 g/mol. The molecule has 0 atom stereocenters. The highest BCUT2D eigenvalue weighted by Crippen LogP contribution is 2.36. The summed E-state index contributed by atoms with van der Waals surface area (Å²) in [5.41, 5.74) is 2.93. The number of fused-ring (bicyclic) bond motifs is 2. The van der Waals surface area contributed by atoms with Crippen LogP contribution in [0.4, 0.5) is 23.0 Å². The van der Waals surface area contributed by atoms with Crippen LogP contribution in [-0.4, -0.2) is 44.7 Å². The molecule has 40 heavy (non-hydrogen) atoms. The van der Waals surface area contributed by atoms with Gasteiger partial charge in [0.05, 0.1) is 13.2 Å². The standard InChI is InChI=1S/C30H26N6O4/c1-3-39-29(37)23-20-16-11-17-21-22(20)26(33-25(23)31-18-12-7-5-8-13-18)35-36-24(30(38)40-4-2)27(34-28(21)36)32-19-14-9-6-10-15-19/h5-17,32H,3-4H2,1-2H3,(H2,31,33,35).